The van der Waals surface area contributed by atoms with Gasteiger partial charge in [-0.15, -0.1) is 0 Å². The van der Waals surface area contributed by atoms with Crippen LogP contribution in [0.1, 0.15) is 26.2 Å². The topological polar surface area (TPSA) is 46.2 Å². The van der Waals surface area contributed by atoms with Crippen molar-refractivity contribution in [1.82, 2.24) is 0 Å². The summed E-state index contributed by atoms with van der Waals surface area (Å²) in [5.41, 5.74) is 5.79. The lowest BCUT2D eigenvalue weighted by Crippen LogP contribution is -2.61. The normalized spacial score (nSPS) is 34.8. The summed E-state index contributed by atoms with van der Waals surface area (Å²) in [5.74, 6) is 0. The fourth-order valence-electron chi connectivity index (χ4n) is 2.67. The summed E-state index contributed by atoms with van der Waals surface area (Å²) in [6.45, 7) is 6.49. The van der Waals surface area contributed by atoms with Gasteiger partial charge in [0.25, 0.3) is 0 Å². The molecule has 0 aromatic carbocycles. The Morgan fingerprint density at radius 1 is 1.46 bits per heavy atom. The number of nitrogens with two attached hydrogens (primary N) is 1. The van der Waals surface area contributed by atoms with Gasteiger partial charge in [0.05, 0.1) is 19.7 Å². The van der Waals surface area contributed by atoms with Crippen LogP contribution in [-0.4, -0.2) is 48.4 Å². The number of quaternary nitrogens is 1. The number of nitrogens with zero attached hydrogens (tertiary/aromatic N) is 1. The second-order valence-electron chi connectivity index (χ2n) is 4.09. The molecule has 3 nitrogen and oxygen atoms in total. The highest BCUT2D eigenvalue weighted by atomic mass is 16.3. The van der Waals surface area contributed by atoms with E-state index in [0.29, 0.717) is 12.6 Å². The highest BCUT2D eigenvalue weighted by Crippen LogP contribution is 2.24. The predicted octanol–water partition coefficient (Wildman–Crippen LogP) is 0.327. The summed E-state index contributed by atoms with van der Waals surface area (Å²) in [6, 6.07) is 0.589. The van der Waals surface area contributed by atoms with Crippen LogP contribution in [0.2, 0.25) is 0 Å². The average Bonchev–Trinajstić information content (AvgIpc) is 2.19. The van der Waals surface area contributed by atoms with Crippen molar-refractivity contribution in [3.05, 3.63) is 0 Å². The zero-order valence-corrected chi connectivity index (χ0v) is 8.71. The van der Waals surface area contributed by atoms with Gasteiger partial charge in [-0.3, -0.25) is 0 Å². The van der Waals surface area contributed by atoms with Crippen LogP contribution in [0.3, 0.4) is 0 Å². The number of hydrogen-bond acceptors (Lipinski definition) is 2. The Bertz CT molecular complexity index is 148. The van der Waals surface area contributed by atoms with Crippen LogP contribution in [0.15, 0.2) is 0 Å². The summed E-state index contributed by atoms with van der Waals surface area (Å²) in [6.07, 6.45) is 3.85. The van der Waals surface area contributed by atoms with Crippen molar-refractivity contribution in [2.75, 3.05) is 32.8 Å². The third-order valence-corrected chi connectivity index (χ3v) is 3.61. The number of aliphatic hydroxyl groups is 1. The lowest BCUT2D eigenvalue weighted by atomic mass is 9.98. The van der Waals surface area contributed by atoms with E-state index in [-0.39, 0.29) is 0 Å². The van der Waals surface area contributed by atoms with Crippen LogP contribution >= 0.6 is 0 Å². The number of likely N-dealkylation sites (tertiary alicyclic amines) is 1. The van der Waals surface area contributed by atoms with Gasteiger partial charge >= 0.3 is 0 Å². The first-order chi connectivity index (χ1) is 6.29. The molecule has 0 spiro atoms. The standard InChI is InChI=1S/C10H23N2O/c1-2-12(7-8-13)6-4-3-5-10(12)9-11/h10,13H,2-9,11H2,1H3/q+1. The number of hydrogen-bond donors (Lipinski definition) is 2. The van der Waals surface area contributed by atoms with Gasteiger partial charge in [0.2, 0.25) is 0 Å². The Kier molecular flexibility index (Phi) is 4.16. The molecule has 1 saturated heterocycles. The van der Waals surface area contributed by atoms with Crippen LogP contribution in [0.5, 0.6) is 0 Å². The fourth-order valence-corrected chi connectivity index (χ4v) is 2.67. The maximum Gasteiger partial charge on any atom is 0.102 e. The highest BCUT2D eigenvalue weighted by molar-refractivity contribution is 4.67. The third-order valence-electron chi connectivity index (χ3n) is 3.61. The van der Waals surface area contributed by atoms with E-state index in [4.69, 9.17) is 10.8 Å². The number of rotatable bonds is 4. The third kappa shape index (κ3) is 2.22. The molecule has 1 rings (SSSR count). The van der Waals surface area contributed by atoms with Crippen LogP contribution in [-0.2, 0) is 0 Å². The largest absolute Gasteiger partial charge is 0.391 e. The summed E-state index contributed by atoms with van der Waals surface area (Å²) >= 11 is 0. The van der Waals surface area contributed by atoms with Gasteiger partial charge in [0, 0.05) is 13.0 Å². The quantitative estimate of drug-likeness (QED) is 0.623. The Hall–Kier alpha value is -0.120. The van der Waals surface area contributed by atoms with E-state index in [2.05, 4.69) is 6.92 Å². The first kappa shape index (κ1) is 11.0. The molecule has 13 heavy (non-hydrogen) atoms. The van der Waals surface area contributed by atoms with Crippen LogP contribution < -0.4 is 5.73 Å². The monoisotopic (exact) mass is 187 g/mol. The van der Waals surface area contributed by atoms with Crippen LogP contribution in [0.4, 0.5) is 0 Å². The first-order valence-electron chi connectivity index (χ1n) is 5.45. The molecule has 0 aromatic heterocycles. The molecule has 0 saturated carbocycles. The molecule has 1 aliphatic heterocycles. The van der Waals surface area contributed by atoms with Crippen molar-refractivity contribution in [3.8, 4) is 0 Å². The molecule has 3 N–H and O–H groups in total. The molecule has 0 amide bonds. The second-order valence-corrected chi connectivity index (χ2v) is 4.09. The molecule has 2 unspecified atom stereocenters. The van der Waals surface area contributed by atoms with Crippen molar-refractivity contribution in [2.45, 2.75) is 32.2 Å². The van der Waals surface area contributed by atoms with Crippen molar-refractivity contribution < 1.29 is 9.59 Å². The lowest BCUT2D eigenvalue weighted by molar-refractivity contribution is -0.953. The molecule has 1 heterocycles. The molecule has 78 valence electrons. The zero-order chi connectivity index (χ0) is 9.73. The molecule has 3 heteroatoms. The molecule has 0 bridgehead atoms. The summed E-state index contributed by atoms with van der Waals surface area (Å²) in [4.78, 5) is 0. The maximum atomic E-state index is 9.07. The molecule has 1 fully saturated rings. The van der Waals surface area contributed by atoms with Crippen LogP contribution in [0.25, 0.3) is 0 Å². The van der Waals surface area contributed by atoms with E-state index >= 15 is 0 Å². The second kappa shape index (κ2) is 4.94. The number of piperidine rings is 1. The molecule has 0 radical (unpaired) electrons. The summed E-state index contributed by atoms with van der Waals surface area (Å²) in [7, 11) is 0. The smallest absolute Gasteiger partial charge is 0.102 e. The Morgan fingerprint density at radius 2 is 2.23 bits per heavy atom. The summed E-state index contributed by atoms with van der Waals surface area (Å²) < 4.78 is 1.05. The van der Waals surface area contributed by atoms with E-state index in [1.165, 1.54) is 25.8 Å². The Balaban J connectivity index is 2.66. The molecule has 1 aliphatic rings. The minimum Gasteiger partial charge on any atom is -0.391 e. The van der Waals surface area contributed by atoms with E-state index in [9.17, 15) is 0 Å². The molecule has 0 aliphatic carbocycles. The molecule has 0 aromatic rings. The van der Waals surface area contributed by atoms with Crippen molar-refractivity contribution in [1.29, 1.82) is 0 Å². The molecule has 2 atom stereocenters. The number of aliphatic hydroxyl groups excluding tert-OH is 1. The minimum absolute atomic E-state index is 0.296. The van der Waals surface area contributed by atoms with Gasteiger partial charge in [-0.1, -0.05) is 0 Å². The van der Waals surface area contributed by atoms with Crippen molar-refractivity contribution in [3.63, 3.8) is 0 Å². The molecular weight excluding hydrogens is 164 g/mol. The van der Waals surface area contributed by atoms with E-state index in [1.54, 1.807) is 0 Å². The van der Waals surface area contributed by atoms with E-state index < -0.39 is 0 Å². The molecular formula is C10H23N2O+. The van der Waals surface area contributed by atoms with E-state index in [0.717, 1.165) is 24.1 Å². The van der Waals surface area contributed by atoms with Crippen molar-refractivity contribution in [2.24, 2.45) is 5.73 Å². The van der Waals surface area contributed by atoms with Gasteiger partial charge in [-0.2, -0.15) is 0 Å². The highest BCUT2D eigenvalue weighted by Gasteiger charge is 2.36. The van der Waals surface area contributed by atoms with E-state index in [1.807, 2.05) is 0 Å². The predicted molar refractivity (Wildman–Crippen MR) is 54.3 cm³/mol. The fraction of sp³-hybridized carbons (Fsp3) is 1.00. The first-order valence-corrected chi connectivity index (χ1v) is 5.45. The van der Waals surface area contributed by atoms with Gasteiger partial charge in [0.15, 0.2) is 0 Å². The van der Waals surface area contributed by atoms with Gasteiger partial charge in [0.1, 0.15) is 12.6 Å². The Morgan fingerprint density at radius 3 is 2.77 bits per heavy atom. The maximum absolute atomic E-state index is 9.07. The minimum atomic E-state index is 0.296. The average molecular weight is 187 g/mol. The number of likely N-dealkylation sites (N-methyl/N-ethyl adjacent to an activating group) is 1. The van der Waals surface area contributed by atoms with Gasteiger partial charge in [-0.05, 0) is 19.8 Å². The Labute approximate surface area is 81.1 Å². The summed E-state index contributed by atoms with van der Waals surface area (Å²) in [5, 5.41) is 9.07. The lowest BCUT2D eigenvalue weighted by Gasteiger charge is -2.46. The zero-order valence-electron chi connectivity index (χ0n) is 8.71. The SMILES string of the molecule is CC[N+]1(CCO)CCCCC1CN. The van der Waals surface area contributed by atoms with Gasteiger partial charge in [-0.25, -0.2) is 0 Å². The van der Waals surface area contributed by atoms with Crippen LogP contribution in [0, 0.1) is 0 Å². The van der Waals surface area contributed by atoms with Crippen molar-refractivity contribution >= 4 is 0 Å². The van der Waals surface area contributed by atoms with Gasteiger partial charge < -0.3 is 15.3 Å².